The van der Waals surface area contributed by atoms with Crippen LogP contribution in [-0.2, 0) is 22.4 Å². The Kier molecular flexibility index (Phi) is 5.47. The second kappa shape index (κ2) is 8.17. The Morgan fingerprint density at radius 3 is 2.25 bits per heavy atom. The molecule has 2 aliphatic rings. The summed E-state index contributed by atoms with van der Waals surface area (Å²) in [6.45, 7) is 0.742. The fourth-order valence-electron chi connectivity index (χ4n) is 4.79. The number of aliphatic carboxylic acids is 1. The molecule has 4 rings (SSSR count). The predicted octanol–water partition coefficient (Wildman–Crippen LogP) is 4.25. The van der Waals surface area contributed by atoms with E-state index in [1.54, 1.807) is 0 Å². The molecular weight excluding hydrogens is 350 g/mol. The number of amides is 1. The highest BCUT2D eigenvalue weighted by Gasteiger charge is 2.36. The Balaban J connectivity index is 1.56. The van der Waals surface area contributed by atoms with Crippen molar-refractivity contribution in [2.75, 3.05) is 6.54 Å². The van der Waals surface area contributed by atoms with Crippen LogP contribution in [0.5, 0.6) is 0 Å². The van der Waals surface area contributed by atoms with Crippen molar-refractivity contribution in [2.45, 2.75) is 44.6 Å². The average Bonchev–Trinajstić information content (AvgIpc) is 2.74. The largest absolute Gasteiger partial charge is 0.481 e. The molecular formula is C24H27NO3. The lowest BCUT2D eigenvalue weighted by Gasteiger charge is -2.40. The topological polar surface area (TPSA) is 57.6 Å². The van der Waals surface area contributed by atoms with E-state index in [1.807, 2.05) is 18.2 Å². The van der Waals surface area contributed by atoms with E-state index in [1.165, 1.54) is 16.7 Å². The van der Waals surface area contributed by atoms with Crippen molar-refractivity contribution in [3.8, 4) is 0 Å². The fourth-order valence-corrected chi connectivity index (χ4v) is 4.79. The first-order valence-corrected chi connectivity index (χ1v) is 10.3. The quantitative estimate of drug-likeness (QED) is 0.867. The van der Waals surface area contributed by atoms with Gasteiger partial charge in [0.2, 0.25) is 5.91 Å². The Morgan fingerprint density at radius 2 is 1.54 bits per heavy atom. The van der Waals surface area contributed by atoms with Gasteiger partial charge in [-0.1, -0.05) is 54.6 Å². The molecule has 0 radical (unpaired) electrons. The average molecular weight is 377 g/mol. The van der Waals surface area contributed by atoms with E-state index in [4.69, 9.17) is 0 Å². The summed E-state index contributed by atoms with van der Waals surface area (Å²) in [7, 11) is 0. The number of benzene rings is 2. The van der Waals surface area contributed by atoms with E-state index in [0.717, 1.165) is 19.4 Å². The van der Waals surface area contributed by atoms with Crippen LogP contribution >= 0.6 is 0 Å². The van der Waals surface area contributed by atoms with Crippen LogP contribution in [0.3, 0.4) is 0 Å². The molecule has 1 unspecified atom stereocenters. The van der Waals surface area contributed by atoms with E-state index in [2.05, 4.69) is 41.3 Å². The molecule has 1 aliphatic carbocycles. The van der Waals surface area contributed by atoms with Gasteiger partial charge in [0.15, 0.2) is 0 Å². The number of carbonyl (C=O) groups excluding carboxylic acids is 1. The second-order valence-corrected chi connectivity index (χ2v) is 8.07. The maximum absolute atomic E-state index is 13.4. The van der Waals surface area contributed by atoms with Crippen LogP contribution in [-0.4, -0.2) is 28.4 Å². The zero-order valence-corrected chi connectivity index (χ0v) is 16.1. The Hall–Kier alpha value is -2.62. The third kappa shape index (κ3) is 3.82. The molecule has 1 fully saturated rings. The van der Waals surface area contributed by atoms with Gasteiger partial charge in [0.1, 0.15) is 0 Å². The first-order valence-electron chi connectivity index (χ1n) is 10.3. The molecule has 28 heavy (non-hydrogen) atoms. The van der Waals surface area contributed by atoms with Gasteiger partial charge in [0.25, 0.3) is 0 Å². The lowest BCUT2D eigenvalue weighted by atomic mass is 9.80. The van der Waals surface area contributed by atoms with Crippen LogP contribution in [0.2, 0.25) is 0 Å². The number of carbonyl (C=O) groups is 2. The van der Waals surface area contributed by atoms with Crippen LogP contribution in [0.25, 0.3) is 0 Å². The minimum Gasteiger partial charge on any atom is -0.481 e. The molecule has 146 valence electrons. The number of fused-ring (bicyclic) bond motifs is 1. The van der Waals surface area contributed by atoms with Gasteiger partial charge in [-0.2, -0.15) is 0 Å². The zero-order valence-electron chi connectivity index (χ0n) is 16.1. The van der Waals surface area contributed by atoms with E-state index >= 15 is 0 Å². The van der Waals surface area contributed by atoms with Gasteiger partial charge >= 0.3 is 5.97 Å². The highest BCUT2D eigenvalue weighted by atomic mass is 16.4. The van der Waals surface area contributed by atoms with Crippen molar-refractivity contribution in [2.24, 2.45) is 11.8 Å². The number of rotatable bonds is 4. The minimum absolute atomic E-state index is 0.0425. The lowest BCUT2D eigenvalue weighted by molar-refractivity contribution is -0.146. The predicted molar refractivity (Wildman–Crippen MR) is 108 cm³/mol. The molecule has 4 nitrogen and oxygen atoms in total. The van der Waals surface area contributed by atoms with E-state index < -0.39 is 5.97 Å². The lowest BCUT2D eigenvalue weighted by Crippen LogP contribution is -2.45. The molecule has 0 saturated heterocycles. The van der Waals surface area contributed by atoms with Gasteiger partial charge in [0, 0.05) is 12.5 Å². The summed E-state index contributed by atoms with van der Waals surface area (Å²) in [6, 6.07) is 18.9. The third-order valence-electron chi connectivity index (χ3n) is 6.39. The van der Waals surface area contributed by atoms with Crippen molar-refractivity contribution < 1.29 is 14.7 Å². The molecule has 1 saturated carbocycles. The highest BCUT2D eigenvalue weighted by Crippen LogP contribution is 2.37. The van der Waals surface area contributed by atoms with Crippen LogP contribution in [0.1, 0.15) is 48.4 Å². The second-order valence-electron chi connectivity index (χ2n) is 8.07. The first kappa shape index (κ1) is 18.7. The van der Waals surface area contributed by atoms with E-state index in [-0.39, 0.29) is 23.8 Å². The summed E-state index contributed by atoms with van der Waals surface area (Å²) >= 11 is 0. The van der Waals surface area contributed by atoms with Crippen molar-refractivity contribution in [3.63, 3.8) is 0 Å². The van der Waals surface area contributed by atoms with Gasteiger partial charge < -0.3 is 10.0 Å². The number of nitrogens with zero attached hydrogens (tertiary/aromatic N) is 1. The van der Waals surface area contributed by atoms with E-state index in [0.29, 0.717) is 25.7 Å². The Morgan fingerprint density at radius 1 is 0.893 bits per heavy atom. The van der Waals surface area contributed by atoms with E-state index in [9.17, 15) is 14.7 Å². The Labute approximate surface area is 166 Å². The summed E-state index contributed by atoms with van der Waals surface area (Å²) in [5.74, 6) is -0.843. The van der Waals surface area contributed by atoms with Crippen molar-refractivity contribution in [1.29, 1.82) is 0 Å². The fraction of sp³-hybridized carbons (Fsp3) is 0.417. The molecule has 2 aromatic rings. The van der Waals surface area contributed by atoms with Crippen molar-refractivity contribution in [3.05, 3.63) is 71.3 Å². The number of hydrogen-bond donors (Lipinski definition) is 1. The summed E-state index contributed by atoms with van der Waals surface area (Å²) in [5.41, 5.74) is 3.82. The minimum atomic E-state index is -0.722. The number of hydrogen-bond acceptors (Lipinski definition) is 2. The standard InChI is InChI=1S/C24H27NO3/c26-23(19-10-12-20(13-11-19)24(27)28)25-15-14-18-8-4-5-9-21(18)22(25)16-17-6-2-1-3-7-17/h1-9,19-20,22H,10-16H2,(H,27,28). The monoisotopic (exact) mass is 377 g/mol. The summed E-state index contributed by atoms with van der Waals surface area (Å²) in [5, 5.41) is 9.23. The Bertz CT molecular complexity index is 840. The van der Waals surface area contributed by atoms with Crippen LogP contribution in [0.4, 0.5) is 0 Å². The van der Waals surface area contributed by atoms with Crippen LogP contribution in [0, 0.1) is 11.8 Å². The smallest absolute Gasteiger partial charge is 0.306 e. The number of carboxylic acid groups (broad SMARTS) is 1. The molecule has 4 heteroatoms. The molecule has 2 aromatic carbocycles. The molecule has 1 atom stereocenters. The third-order valence-corrected chi connectivity index (χ3v) is 6.39. The molecule has 1 amide bonds. The maximum atomic E-state index is 13.4. The first-order chi connectivity index (χ1) is 13.6. The van der Waals surface area contributed by atoms with Gasteiger partial charge in [-0.15, -0.1) is 0 Å². The van der Waals surface area contributed by atoms with Gasteiger partial charge in [-0.25, -0.2) is 0 Å². The summed E-state index contributed by atoms with van der Waals surface area (Å²) < 4.78 is 0. The highest BCUT2D eigenvalue weighted by molar-refractivity contribution is 5.80. The molecule has 0 spiro atoms. The summed E-state index contributed by atoms with van der Waals surface area (Å²) in [4.78, 5) is 26.7. The molecule has 1 N–H and O–H groups in total. The van der Waals surface area contributed by atoms with Crippen molar-refractivity contribution >= 4 is 11.9 Å². The molecule has 1 heterocycles. The molecule has 0 bridgehead atoms. The van der Waals surface area contributed by atoms with Gasteiger partial charge in [-0.3, -0.25) is 9.59 Å². The zero-order chi connectivity index (χ0) is 19.5. The number of carboxylic acids is 1. The van der Waals surface area contributed by atoms with Crippen LogP contribution < -0.4 is 0 Å². The van der Waals surface area contributed by atoms with Crippen molar-refractivity contribution in [1.82, 2.24) is 4.90 Å². The molecule has 0 aromatic heterocycles. The normalized spacial score (nSPS) is 24.4. The van der Waals surface area contributed by atoms with Crippen LogP contribution in [0.15, 0.2) is 54.6 Å². The maximum Gasteiger partial charge on any atom is 0.306 e. The van der Waals surface area contributed by atoms with Gasteiger partial charge in [0.05, 0.1) is 12.0 Å². The molecule has 1 aliphatic heterocycles. The SMILES string of the molecule is O=C(O)C1CCC(C(=O)N2CCc3ccccc3C2Cc2ccccc2)CC1. The summed E-state index contributed by atoms with van der Waals surface area (Å²) in [6.07, 6.45) is 4.29. The van der Waals surface area contributed by atoms with Gasteiger partial charge in [-0.05, 0) is 55.2 Å².